The van der Waals surface area contributed by atoms with Crippen molar-refractivity contribution in [1.29, 1.82) is 0 Å². The first-order chi connectivity index (χ1) is 10.2. The Hall–Kier alpha value is -1.55. The Morgan fingerprint density at radius 3 is 3.10 bits per heavy atom. The van der Waals surface area contributed by atoms with Crippen molar-refractivity contribution in [1.82, 2.24) is 10.2 Å². The van der Waals surface area contributed by atoms with Crippen molar-refractivity contribution < 1.29 is 9.53 Å². The van der Waals surface area contributed by atoms with Gasteiger partial charge in [-0.05, 0) is 57.0 Å². The van der Waals surface area contributed by atoms with Gasteiger partial charge in [0, 0.05) is 13.1 Å². The second-order valence-corrected chi connectivity index (χ2v) is 5.85. The van der Waals surface area contributed by atoms with Gasteiger partial charge in [-0.25, -0.2) is 0 Å². The van der Waals surface area contributed by atoms with E-state index in [0.717, 1.165) is 51.1 Å². The van der Waals surface area contributed by atoms with Crippen LogP contribution in [0.2, 0.25) is 0 Å². The average molecular weight is 290 g/mol. The molecule has 1 fully saturated rings. The first-order valence-corrected chi connectivity index (χ1v) is 7.78. The van der Waals surface area contributed by atoms with E-state index in [4.69, 9.17) is 4.74 Å². The summed E-state index contributed by atoms with van der Waals surface area (Å²) in [6, 6.07) is 8.10. The van der Waals surface area contributed by atoms with Crippen LogP contribution in [0.4, 0.5) is 0 Å². The van der Waals surface area contributed by atoms with E-state index >= 15 is 0 Å². The smallest absolute Gasteiger partial charge is 0.224 e. The molecule has 1 aromatic carbocycles. The molecule has 0 spiro atoms. The largest absolute Gasteiger partial charge is 0.497 e. The van der Waals surface area contributed by atoms with E-state index < -0.39 is 0 Å². The molecule has 0 aliphatic carbocycles. The number of methoxy groups -OCH3 is 1. The van der Waals surface area contributed by atoms with Crippen molar-refractivity contribution >= 4 is 5.91 Å². The van der Waals surface area contributed by atoms with E-state index in [1.807, 2.05) is 12.1 Å². The number of rotatable bonds is 6. The number of nitrogens with zero attached hydrogens (tertiary/aromatic N) is 1. The molecule has 0 bridgehead atoms. The predicted molar refractivity (Wildman–Crippen MR) is 84.5 cm³/mol. The van der Waals surface area contributed by atoms with Gasteiger partial charge in [0.1, 0.15) is 5.75 Å². The summed E-state index contributed by atoms with van der Waals surface area (Å²) >= 11 is 0. The van der Waals surface area contributed by atoms with Gasteiger partial charge >= 0.3 is 0 Å². The Kier molecular flexibility index (Phi) is 6.05. The highest BCUT2D eigenvalue weighted by atomic mass is 16.5. The zero-order valence-corrected chi connectivity index (χ0v) is 13.1. The lowest BCUT2D eigenvalue weighted by Crippen LogP contribution is -2.41. The third-order valence-electron chi connectivity index (χ3n) is 4.07. The molecule has 0 unspecified atom stereocenters. The molecule has 0 saturated carbocycles. The molecule has 1 heterocycles. The number of amides is 1. The maximum absolute atomic E-state index is 12.1. The van der Waals surface area contributed by atoms with E-state index in [1.165, 1.54) is 5.56 Å². The quantitative estimate of drug-likeness (QED) is 0.816. The van der Waals surface area contributed by atoms with Crippen LogP contribution in [0, 0.1) is 5.92 Å². The van der Waals surface area contributed by atoms with E-state index in [0.29, 0.717) is 0 Å². The maximum Gasteiger partial charge on any atom is 0.224 e. The summed E-state index contributed by atoms with van der Waals surface area (Å²) in [5.41, 5.74) is 1.25. The number of piperidine rings is 1. The van der Waals surface area contributed by atoms with E-state index in [9.17, 15) is 4.79 Å². The van der Waals surface area contributed by atoms with Crippen molar-refractivity contribution in [3.8, 4) is 5.75 Å². The van der Waals surface area contributed by atoms with Crippen LogP contribution >= 0.6 is 0 Å². The molecule has 1 saturated heterocycles. The van der Waals surface area contributed by atoms with Crippen molar-refractivity contribution in [2.45, 2.75) is 25.7 Å². The molecule has 21 heavy (non-hydrogen) atoms. The molecule has 1 atom stereocenters. The molecule has 1 amide bonds. The van der Waals surface area contributed by atoms with Crippen molar-refractivity contribution in [3.05, 3.63) is 29.8 Å². The highest BCUT2D eigenvalue weighted by Gasteiger charge is 2.23. The molecule has 4 heteroatoms. The van der Waals surface area contributed by atoms with Gasteiger partial charge in [-0.15, -0.1) is 0 Å². The number of aryl methyl sites for hydroxylation is 1. The van der Waals surface area contributed by atoms with E-state index in [2.05, 4.69) is 29.4 Å². The van der Waals surface area contributed by atoms with Gasteiger partial charge in [0.15, 0.2) is 0 Å². The number of carbonyl (C=O) groups excluding carboxylic acids is 1. The lowest BCUT2D eigenvalue weighted by Gasteiger charge is -2.28. The zero-order valence-electron chi connectivity index (χ0n) is 13.1. The average Bonchev–Trinajstić information content (AvgIpc) is 2.51. The molecule has 1 aliphatic rings. The standard InChI is InChI=1S/C17H26N2O2/c1-19-11-5-8-15(13-19)17(20)18-10-4-7-14-6-3-9-16(12-14)21-2/h3,6,9,12,15H,4-5,7-8,10-11,13H2,1-2H3,(H,18,20)/t15-/m0/s1. The van der Waals surface area contributed by atoms with E-state index in [-0.39, 0.29) is 11.8 Å². The fourth-order valence-electron chi connectivity index (χ4n) is 2.86. The summed E-state index contributed by atoms with van der Waals surface area (Å²) in [7, 11) is 3.77. The third kappa shape index (κ3) is 5.05. The number of likely N-dealkylation sites (tertiary alicyclic amines) is 1. The SMILES string of the molecule is COc1cccc(CCCNC(=O)[C@H]2CCCN(C)C2)c1. The van der Waals surface area contributed by atoms with Crippen LogP contribution in [0.15, 0.2) is 24.3 Å². The van der Waals surface area contributed by atoms with Crippen molar-refractivity contribution in [2.75, 3.05) is 33.8 Å². The molecule has 1 N–H and O–H groups in total. The van der Waals surface area contributed by atoms with Crippen LogP contribution in [-0.2, 0) is 11.2 Å². The minimum Gasteiger partial charge on any atom is -0.497 e. The van der Waals surface area contributed by atoms with Crippen molar-refractivity contribution in [2.24, 2.45) is 5.92 Å². The fraction of sp³-hybridized carbons (Fsp3) is 0.588. The Labute approximate surface area is 127 Å². The summed E-state index contributed by atoms with van der Waals surface area (Å²) in [5.74, 6) is 1.27. The number of hydrogen-bond acceptors (Lipinski definition) is 3. The molecule has 4 nitrogen and oxygen atoms in total. The molecular weight excluding hydrogens is 264 g/mol. The van der Waals surface area contributed by atoms with Gasteiger partial charge in [0.2, 0.25) is 5.91 Å². The Morgan fingerprint density at radius 2 is 2.33 bits per heavy atom. The summed E-state index contributed by atoms with van der Waals surface area (Å²) in [5, 5.41) is 3.07. The van der Waals surface area contributed by atoms with Crippen LogP contribution < -0.4 is 10.1 Å². The van der Waals surface area contributed by atoms with Gasteiger partial charge < -0.3 is 15.0 Å². The highest BCUT2D eigenvalue weighted by molar-refractivity contribution is 5.78. The van der Waals surface area contributed by atoms with Gasteiger partial charge in [0.25, 0.3) is 0 Å². The third-order valence-corrected chi connectivity index (χ3v) is 4.07. The van der Waals surface area contributed by atoms with Crippen molar-refractivity contribution in [3.63, 3.8) is 0 Å². The predicted octanol–water partition coefficient (Wildman–Crippen LogP) is 2.09. The van der Waals surface area contributed by atoms with Crippen LogP contribution in [-0.4, -0.2) is 44.6 Å². The summed E-state index contributed by atoms with van der Waals surface area (Å²) in [6.45, 7) is 2.75. The van der Waals surface area contributed by atoms with Crippen LogP contribution in [0.3, 0.4) is 0 Å². The fourth-order valence-corrected chi connectivity index (χ4v) is 2.86. The lowest BCUT2D eigenvalue weighted by molar-refractivity contribution is -0.126. The highest BCUT2D eigenvalue weighted by Crippen LogP contribution is 2.15. The van der Waals surface area contributed by atoms with Crippen LogP contribution in [0.1, 0.15) is 24.8 Å². The molecular formula is C17H26N2O2. The van der Waals surface area contributed by atoms with E-state index in [1.54, 1.807) is 7.11 Å². The van der Waals surface area contributed by atoms with Gasteiger partial charge in [-0.1, -0.05) is 12.1 Å². The number of carbonyl (C=O) groups is 1. The topological polar surface area (TPSA) is 41.6 Å². The first-order valence-electron chi connectivity index (χ1n) is 7.78. The second kappa shape index (κ2) is 8.03. The second-order valence-electron chi connectivity index (χ2n) is 5.85. The first kappa shape index (κ1) is 15.8. The molecule has 0 aromatic heterocycles. The zero-order chi connectivity index (χ0) is 15.1. The molecule has 1 aromatic rings. The monoisotopic (exact) mass is 290 g/mol. The summed E-state index contributed by atoms with van der Waals surface area (Å²) < 4.78 is 5.21. The maximum atomic E-state index is 12.1. The summed E-state index contributed by atoms with van der Waals surface area (Å²) in [6.07, 6.45) is 4.06. The number of benzene rings is 1. The molecule has 116 valence electrons. The van der Waals surface area contributed by atoms with Crippen LogP contribution in [0.5, 0.6) is 5.75 Å². The number of nitrogens with one attached hydrogen (secondary N) is 1. The minimum atomic E-state index is 0.167. The lowest BCUT2D eigenvalue weighted by atomic mass is 9.97. The Morgan fingerprint density at radius 1 is 1.48 bits per heavy atom. The Balaban J connectivity index is 1.68. The van der Waals surface area contributed by atoms with Crippen LogP contribution in [0.25, 0.3) is 0 Å². The Bertz CT molecular complexity index is 462. The minimum absolute atomic E-state index is 0.167. The number of hydrogen-bond donors (Lipinski definition) is 1. The summed E-state index contributed by atoms with van der Waals surface area (Å²) in [4.78, 5) is 14.3. The number of ether oxygens (including phenoxy) is 1. The molecule has 1 aliphatic heterocycles. The molecule has 0 radical (unpaired) electrons. The molecule has 2 rings (SSSR count). The van der Waals surface area contributed by atoms with Gasteiger partial charge in [-0.3, -0.25) is 4.79 Å². The normalized spacial score (nSPS) is 19.2. The van der Waals surface area contributed by atoms with Gasteiger partial charge in [0.05, 0.1) is 13.0 Å². The van der Waals surface area contributed by atoms with Gasteiger partial charge in [-0.2, -0.15) is 0 Å².